The zero-order chi connectivity index (χ0) is 16.9. The molecule has 0 aliphatic carbocycles. The molecule has 0 saturated heterocycles. The molecule has 0 unspecified atom stereocenters. The number of rotatable bonds is 7. The summed E-state index contributed by atoms with van der Waals surface area (Å²) in [6.45, 7) is 4.29. The molecule has 24 heavy (non-hydrogen) atoms. The number of aliphatic hydroxyl groups is 1. The highest BCUT2D eigenvalue weighted by atomic mass is 35.5. The Morgan fingerprint density at radius 2 is 1.33 bits per heavy atom. The first kappa shape index (κ1) is 20.7. The van der Waals surface area contributed by atoms with Crippen LogP contribution in [-0.2, 0) is 5.41 Å². The number of hydrogen-bond acceptors (Lipinski definition) is 2. The highest BCUT2D eigenvalue weighted by Gasteiger charge is 2.41. The minimum absolute atomic E-state index is 0. The predicted molar refractivity (Wildman–Crippen MR) is 105 cm³/mol. The molecule has 0 spiro atoms. The summed E-state index contributed by atoms with van der Waals surface area (Å²) in [6, 6.07) is 21.3. The Balaban J connectivity index is 0.00000288. The van der Waals surface area contributed by atoms with Crippen molar-refractivity contribution in [3.8, 4) is 0 Å². The molecule has 3 heteroatoms. The molecule has 0 amide bonds. The van der Waals surface area contributed by atoms with Crippen molar-refractivity contribution in [2.24, 2.45) is 0 Å². The maximum Gasteiger partial charge on any atom is 0.0675 e. The first-order chi connectivity index (χ1) is 11.0. The fourth-order valence-corrected chi connectivity index (χ4v) is 3.39. The summed E-state index contributed by atoms with van der Waals surface area (Å²) >= 11 is 0. The topological polar surface area (TPSA) is 23.5 Å². The van der Waals surface area contributed by atoms with Gasteiger partial charge in [0.1, 0.15) is 0 Å². The second-order valence-corrected chi connectivity index (χ2v) is 6.64. The third kappa shape index (κ3) is 4.18. The van der Waals surface area contributed by atoms with Crippen molar-refractivity contribution in [3.63, 3.8) is 0 Å². The van der Waals surface area contributed by atoms with Crippen molar-refractivity contribution in [2.75, 3.05) is 14.1 Å². The lowest BCUT2D eigenvalue weighted by atomic mass is 9.66. The van der Waals surface area contributed by atoms with Crippen molar-refractivity contribution >= 4 is 12.4 Å². The quantitative estimate of drug-likeness (QED) is 0.796. The number of nitrogens with zero attached hydrogens (tertiary/aromatic N) is 1. The van der Waals surface area contributed by atoms with E-state index in [2.05, 4.69) is 81.4 Å². The minimum Gasteiger partial charge on any atom is -0.392 e. The van der Waals surface area contributed by atoms with Crippen molar-refractivity contribution < 1.29 is 5.11 Å². The highest BCUT2D eigenvalue weighted by Crippen LogP contribution is 2.41. The van der Waals surface area contributed by atoms with Gasteiger partial charge in [-0.05, 0) is 45.0 Å². The largest absolute Gasteiger partial charge is 0.392 e. The zero-order valence-electron chi connectivity index (χ0n) is 15.1. The van der Waals surface area contributed by atoms with Gasteiger partial charge in [0.15, 0.2) is 0 Å². The van der Waals surface area contributed by atoms with Gasteiger partial charge in [0, 0.05) is 11.5 Å². The fraction of sp³-hybridized carbons (Fsp3) is 0.429. The third-order valence-corrected chi connectivity index (χ3v) is 5.03. The molecule has 0 heterocycles. The van der Waals surface area contributed by atoms with Crippen molar-refractivity contribution in [1.82, 2.24) is 4.90 Å². The molecule has 0 bridgehead atoms. The summed E-state index contributed by atoms with van der Waals surface area (Å²) in [7, 11) is 4.20. The summed E-state index contributed by atoms with van der Waals surface area (Å²) < 4.78 is 0. The van der Waals surface area contributed by atoms with Crippen LogP contribution in [0.5, 0.6) is 0 Å². The molecular formula is C21H30ClNO. The summed E-state index contributed by atoms with van der Waals surface area (Å²) in [4.78, 5) is 2.23. The molecule has 0 aromatic heterocycles. The monoisotopic (exact) mass is 347 g/mol. The van der Waals surface area contributed by atoms with Gasteiger partial charge >= 0.3 is 0 Å². The maximum absolute atomic E-state index is 11.1. The summed E-state index contributed by atoms with van der Waals surface area (Å²) in [5, 5.41) is 11.1. The van der Waals surface area contributed by atoms with E-state index in [9.17, 15) is 5.11 Å². The van der Waals surface area contributed by atoms with Gasteiger partial charge in [-0.2, -0.15) is 0 Å². The van der Waals surface area contributed by atoms with Gasteiger partial charge < -0.3 is 10.0 Å². The average Bonchev–Trinajstić information content (AvgIpc) is 2.60. The molecule has 0 radical (unpaired) electrons. The number of aliphatic hydroxyl groups excluding tert-OH is 1. The number of halogens is 1. The minimum atomic E-state index is -0.422. The summed E-state index contributed by atoms with van der Waals surface area (Å²) in [5.74, 6) is 0. The van der Waals surface area contributed by atoms with E-state index >= 15 is 0 Å². The van der Waals surface area contributed by atoms with Crippen molar-refractivity contribution in [2.45, 2.75) is 44.2 Å². The molecule has 0 aliphatic heterocycles. The Morgan fingerprint density at radius 3 is 1.67 bits per heavy atom. The molecule has 0 aliphatic rings. The molecule has 1 N–H and O–H groups in total. The highest BCUT2D eigenvalue weighted by molar-refractivity contribution is 5.85. The first-order valence-corrected chi connectivity index (χ1v) is 8.48. The molecule has 2 nitrogen and oxygen atoms in total. The van der Waals surface area contributed by atoms with Crippen LogP contribution in [-0.4, -0.2) is 36.2 Å². The van der Waals surface area contributed by atoms with Crippen LogP contribution >= 0.6 is 12.4 Å². The summed E-state index contributed by atoms with van der Waals surface area (Å²) in [6.07, 6.45) is 1.18. The lowest BCUT2D eigenvalue weighted by molar-refractivity contribution is 0.0773. The lowest BCUT2D eigenvalue weighted by Gasteiger charge is -2.42. The average molecular weight is 348 g/mol. The molecule has 0 saturated carbocycles. The van der Waals surface area contributed by atoms with Crippen LogP contribution in [0, 0.1) is 0 Å². The van der Waals surface area contributed by atoms with Gasteiger partial charge in [0.25, 0.3) is 0 Å². The smallest absolute Gasteiger partial charge is 0.0675 e. The number of benzene rings is 2. The van der Waals surface area contributed by atoms with Crippen LogP contribution in [0.15, 0.2) is 60.7 Å². The fourth-order valence-electron chi connectivity index (χ4n) is 3.39. The van der Waals surface area contributed by atoms with Crippen molar-refractivity contribution in [1.29, 1.82) is 0 Å². The van der Waals surface area contributed by atoms with E-state index in [1.165, 1.54) is 11.1 Å². The van der Waals surface area contributed by atoms with E-state index in [0.717, 1.165) is 12.8 Å². The normalized spacial score (nSPS) is 14.1. The molecule has 132 valence electrons. The second kappa shape index (κ2) is 9.22. The van der Waals surface area contributed by atoms with Crippen LogP contribution < -0.4 is 0 Å². The molecule has 2 aromatic rings. The molecule has 2 aromatic carbocycles. The number of hydrogen-bond donors (Lipinski definition) is 1. The molecular weight excluding hydrogens is 318 g/mol. The Morgan fingerprint density at radius 1 is 0.917 bits per heavy atom. The van der Waals surface area contributed by atoms with E-state index in [4.69, 9.17) is 0 Å². The Kier molecular flexibility index (Phi) is 7.95. The van der Waals surface area contributed by atoms with Gasteiger partial charge in [0.2, 0.25) is 0 Å². The van der Waals surface area contributed by atoms with Gasteiger partial charge in [-0.1, -0.05) is 67.6 Å². The lowest BCUT2D eigenvalue weighted by Crippen LogP contribution is -2.45. The van der Waals surface area contributed by atoms with E-state index < -0.39 is 6.10 Å². The molecule has 2 atom stereocenters. The van der Waals surface area contributed by atoms with Gasteiger partial charge in [-0.25, -0.2) is 0 Å². The van der Waals surface area contributed by atoms with Gasteiger partial charge in [-0.3, -0.25) is 0 Å². The van der Waals surface area contributed by atoms with Crippen LogP contribution in [0.1, 0.15) is 37.8 Å². The second-order valence-electron chi connectivity index (χ2n) is 6.64. The first-order valence-electron chi connectivity index (χ1n) is 8.48. The zero-order valence-corrected chi connectivity index (χ0v) is 16.0. The Bertz CT molecular complexity index is 546. The van der Waals surface area contributed by atoms with Crippen LogP contribution in [0.2, 0.25) is 0 Å². The standard InChI is InChI=1S/C21H29NO.ClH/c1-5-20(23)21(16-17(2)22(3)4,18-12-8-6-9-13-18)19-14-10-7-11-15-19;/h6-15,17,20,23H,5,16H2,1-4H3;1H/t17-,20-;/m0./s1. The van der Waals surface area contributed by atoms with E-state index in [1.807, 2.05) is 12.1 Å². The molecule has 2 rings (SSSR count). The van der Waals surface area contributed by atoms with Gasteiger partial charge in [0.05, 0.1) is 6.10 Å². The van der Waals surface area contributed by atoms with E-state index in [0.29, 0.717) is 6.04 Å². The van der Waals surface area contributed by atoms with Crippen molar-refractivity contribution in [3.05, 3.63) is 71.8 Å². The van der Waals surface area contributed by atoms with E-state index in [-0.39, 0.29) is 17.8 Å². The third-order valence-electron chi connectivity index (χ3n) is 5.03. The SMILES string of the molecule is CC[C@H](O)C(C[C@H](C)N(C)C)(c1ccccc1)c1ccccc1.Cl. The predicted octanol–water partition coefficient (Wildman–Crippen LogP) is 4.51. The summed E-state index contributed by atoms with van der Waals surface area (Å²) in [5.41, 5.74) is 1.99. The van der Waals surface area contributed by atoms with E-state index in [1.54, 1.807) is 0 Å². The Hall–Kier alpha value is -1.35. The van der Waals surface area contributed by atoms with Crippen LogP contribution in [0.4, 0.5) is 0 Å². The maximum atomic E-state index is 11.1. The van der Waals surface area contributed by atoms with Crippen LogP contribution in [0.3, 0.4) is 0 Å². The molecule has 0 fully saturated rings. The van der Waals surface area contributed by atoms with Crippen LogP contribution in [0.25, 0.3) is 0 Å². The Labute approximate surface area is 152 Å². The van der Waals surface area contributed by atoms with Gasteiger partial charge in [-0.15, -0.1) is 12.4 Å².